The van der Waals surface area contributed by atoms with Gasteiger partial charge in [-0.05, 0) is 37.4 Å². The molecule has 1 aromatic rings. The Hall–Kier alpha value is -0.760. The maximum absolute atomic E-state index is 12.5. The minimum Gasteiger partial charge on any atom is -0.495 e. The molecule has 0 fully saturated rings. The lowest BCUT2D eigenvalue weighted by Gasteiger charge is -2.17. The van der Waals surface area contributed by atoms with Crippen LogP contribution in [0, 0.1) is 0 Å². The molecule has 1 rings (SSSR count). The molecular formula is C14H24N2O3S2. The first-order valence-corrected chi connectivity index (χ1v) is 9.69. The van der Waals surface area contributed by atoms with E-state index in [1.54, 1.807) is 30.0 Å². The van der Waals surface area contributed by atoms with Gasteiger partial charge in [-0.15, -0.1) is 0 Å². The summed E-state index contributed by atoms with van der Waals surface area (Å²) in [5.74, 6) is 1.12. The Morgan fingerprint density at radius 1 is 1.38 bits per heavy atom. The van der Waals surface area contributed by atoms with Gasteiger partial charge in [-0.25, -0.2) is 13.1 Å². The SMILES string of the molecule is CCC(CSC)NS(=O)(=O)c1ccc(CNC)cc1OC. The van der Waals surface area contributed by atoms with E-state index in [-0.39, 0.29) is 10.9 Å². The number of thioether (sulfide) groups is 1. The van der Waals surface area contributed by atoms with Gasteiger partial charge in [0.15, 0.2) is 0 Å². The standard InChI is InChI=1S/C14H24N2O3S2/c1-5-12(10-20-4)16-21(17,18)14-7-6-11(9-15-2)8-13(14)19-3/h6-8,12,15-16H,5,9-10H2,1-4H3. The summed E-state index contributed by atoms with van der Waals surface area (Å²) < 4.78 is 33.0. The molecule has 0 aromatic heterocycles. The number of hydrogen-bond acceptors (Lipinski definition) is 5. The molecule has 0 aliphatic carbocycles. The zero-order valence-electron chi connectivity index (χ0n) is 13.0. The molecular weight excluding hydrogens is 308 g/mol. The van der Waals surface area contributed by atoms with Crippen molar-refractivity contribution in [1.82, 2.24) is 10.0 Å². The monoisotopic (exact) mass is 332 g/mol. The summed E-state index contributed by atoms with van der Waals surface area (Å²) >= 11 is 1.62. The van der Waals surface area contributed by atoms with Gasteiger partial charge in [0.2, 0.25) is 10.0 Å². The minimum absolute atomic E-state index is 0.0771. The summed E-state index contributed by atoms with van der Waals surface area (Å²) in [7, 11) is -0.254. The van der Waals surface area contributed by atoms with E-state index >= 15 is 0 Å². The molecule has 0 bridgehead atoms. The van der Waals surface area contributed by atoms with E-state index in [9.17, 15) is 8.42 Å². The van der Waals surface area contributed by atoms with Gasteiger partial charge in [-0.3, -0.25) is 0 Å². The molecule has 2 N–H and O–H groups in total. The number of ether oxygens (including phenoxy) is 1. The molecule has 0 radical (unpaired) electrons. The summed E-state index contributed by atoms with van der Waals surface area (Å²) in [6.07, 6.45) is 2.71. The maximum Gasteiger partial charge on any atom is 0.244 e. The van der Waals surface area contributed by atoms with Gasteiger partial charge in [0.05, 0.1) is 7.11 Å². The van der Waals surface area contributed by atoms with E-state index in [0.717, 1.165) is 17.7 Å². The van der Waals surface area contributed by atoms with E-state index in [1.165, 1.54) is 7.11 Å². The molecule has 0 aliphatic heterocycles. The average Bonchev–Trinajstić information content (AvgIpc) is 2.46. The van der Waals surface area contributed by atoms with Crippen LogP contribution >= 0.6 is 11.8 Å². The minimum atomic E-state index is -3.58. The molecule has 1 unspecified atom stereocenters. The Balaban J connectivity index is 3.06. The van der Waals surface area contributed by atoms with Crippen LogP contribution in [0.25, 0.3) is 0 Å². The Labute approximate surface area is 131 Å². The second-order valence-electron chi connectivity index (χ2n) is 4.70. The van der Waals surface area contributed by atoms with Crippen LogP contribution in [0.2, 0.25) is 0 Å². The fourth-order valence-corrected chi connectivity index (χ4v) is 4.26. The number of rotatable bonds is 9. The van der Waals surface area contributed by atoms with Crippen LogP contribution < -0.4 is 14.8 Å². The van der Waals surface area contributed by atoms with Gasteiger partial charge in [0, 0.05) is 18.3 Å². The van der Waals surface area contributed by atoms with Crippen molar-refractivity contribution < 1.29 is 13.2 Å². The lowest BCUT2D eigenvalue weighted by molar-refractivity contribution is 0.401. The van der Waals surface area contributed by atoms with Crippen LogP contribution in [-0.4, -0.2) is 40.6 Å². The zero-order chi connectivity index (χ0) is 15.9. The molecule has 0 aliphatic rings. The zero-order valence-corrected chi connectivity index (χ0v) is 14.6. The molecule has 0 saturated heterocycles. The summed E-state index contributed by atoms with van der Waals surface area (Å²) in [5, 5.41) is 3.03. The summed E-state index contributed by atoms with van der Waals surface area (Å²) in [5.41, 5.74) is 0.976. The van der Waals surface area contributed by atoms with Crippen molar-refractivity contribution in [2.45, 2.75) is 30.8 Å². The quantitative estimate of drug-likeness (QED) is 0.722. The molecule has 120 valence electrons. The first-order chi connectivity index (χ1) is 9.98. The van der Waals surface area contributed by atoms with Gasteiger partial charge in [-0.1, -0.05) is 13.0 Å². The van der Waals surface area contributed by atoms with Crippen LogP contribution in [-0.2, 0) is 16.6 Å². The van der Waals surface area contributed by atoms with Crippen molar-refractivity contribution >= 4 is 21.8 Å². The highest BCUT2D eigenvalue weighted by atomic mass is 32.2. The highest BCUT2D eigenvalue weighted by Crippen LogP contribution is 2.25. The second kappa shape index (κ2) is 8.63. The molecule has 1 aromatic carbocycles. The number of sulfonamides is 1. The van der Waals surface area contributed by atoms with E-state index in [1.807, 2.05) is 20.2 Å². The highest BCUT2D eigenvalue weighted by Gasteiger charge is 2.22. The molecule has 0 spiro atoms. The third-order valence-electron chi connectivity index (χ3n) is 3.08. The van der Waals surface area contributed by atoms with Crippen LogP contribution in [0.15, 0.2) is 23.1 Å². The topological polar surface area (TPSA) is 67.4 Å². The van der Waals surface area contributed by atoms with E-state index in [4.69, 9.17) is 4.74 Å². The Morgan fingerprint density at radius 3 is 2.62 bits per heavy atom. The maximum atomic E-state index is 12.5. The molecule has 0 heterocycles. The van der Waals surface area contributed by atoms with Crippen molar-refractivity contribution in [3.8, 4) is 5.75 Å². The molecule has 1 atom stereocenters. The van der Waals surface area contributed by atoms with E-state index in [0.29, 0.717) is 12.3 Å². The average molecular weight is 332 g/mol. The summed E-state index contributed by atoms with van der Waals surface area (Å²) in [6, 6.07) is 5.07. The Morgan fingerprint density at radius 2 is 2.10 bits per heavy atom. The predicted octanol–water partition coefficient (Wildman–Crippen LogP) is 1.83. The van der Waals surface area contributed by atoms with Gasteiger partial charge in [0.25, 0.3) is 0 Å². The predicted molar refractivity (Wildman–Crippen MR) is 88.5 cm³/mol. The number of methoxy groups -OCH3 is 1. The van der Waals surface area contributed by atoms with Gasteiger partial charge < -0.3 is 10.1 Å². The summed E-state index contributed by atoms with van der Waals surface area (Å²) in [6.45, 7) is 2.63. The fourth-order valence-electron chi connectivity index (χ4n) is 1.97. The first kappa shape index (κ1) is 18.3. The number of nitrogens with one attached hydrogen (secondary N) is 2. The Bertz CT molecular complexity index is 547. The van der Waals surface area contributed by atoms with Crippen molar-refractivity contribution in [3.05, 3.63) is 23.8 Å². The normalized spacial score (nSPS) is 13.1. The van der Waals surface area contributed by atoms with Crippen LogP contribution in [0.3, 0.4) is 0 Å². The molecule has 21 heavy (non-hydrogen) atoms. The second-order valence-corrected chi connectivity index (χ2v) is 7.29. The van der Waals surface area contributed by atoms with E-state index in [2.05, 4.69) is 10.0 Å². The fraction of sp³-hybridized carbons (Fsp3) is 0.571. The first-order valence-electron chi connectivity index (χ1n) is 6.81. The van der Waals surface area contributed by atoms with Gasteiger partial charge >= 0.3 is 0 Å². The van der Waals surface area contributed by atoms with Gasteiger partial charge in [0.1, 0.15) is 10.6 Å². The lowest BCUT2D eigenvalue weighted by Crippen LogP contribution is -2.36. The lowest BCUT2D eigenvalue weighted by atomic mass is 10.2. The van der Waals surface area contributed by atoms with Crippen molar-refractivity contribution in [3.63, 3.8) is 0 Å². The van der Waals surface area contributed by atoms with Crippen LogP contribution in [0.4, 0.5) is 0 Å². The highest BCUT2D eigenvalue weighted by molar-refractivity contribution is 7.98. The van der Waals surface area contributed by atoms with Gasteiger partial charge in [-0.2, -0.15) is 11.8 Å². The third-order valence-corrected chi connectivity index (χ3v) is 5.38. The van der Waals surface area contributed by atoms with Crippen molar-refractivity contribution in [2.75, 3.05) is 26.2 Å². The Kier molecular flexibility index (Phi) is 7.51. The number of benzene rings is 1. The van der Waals surface area contributed by atoms with Crippen molar-refractivity contribution in [2.24, 2.45) is 0 Å². The molecule has 0 saturated carbocycles. The van der Waals surface area contributed by atoms with Crippen LogP contribution in [0.5, 0.6) is 5.75 Å². The van der Waals surface area contributed by atoms with Crippen LogP contribution in [0.1, 0.15) is 18.9 Å². The smallest absolute Gasteiger partial charge is 0.244 e. The molecule has 7 heteroatoms. The van der Waals surface area contributed by atoms with Crippen molar-refractivity contribution in [1.29, 1.82) is 0 Å². The molecule has 0 amide bonds. The molecule has 5 nitrogen and oxygen atoms in total. The number of hydrogen-bond donors (Lipinski definition) is 2. The van der Waals surface area contributed by atoms with E-state index < -0.39 is 10.0 Å². The summed E-state index contributed by atoms with van der Waals surface area (Å²) in [4.78, 5) is 0.185. The third kappa shape index (κ3) is 5.18. The largest absolute Gasteiger partial charge is 0.495 e.